The highest BCUT2D eigenvalue weighted by Gasteiger charge is 2.21. The molecule has 0 heterocycles. The number of terminal acetylenes is 1. The summed E-state index contributed by atoms with van der Waals surface area (Å²) < 4.78 is 0. The summed E-state index contributed by atoms with van der Waals surface area (Å²) in [5.74, 6) is 2.80. The van der Waals surface area contributed by atoms with E-state index in [4.69, 9.17) is 12.2 Å². The van der Waals surface area contributed by atoms with Gasteiger partial charge in [0.25, 0.3) is 0 Å². The molecule has 0 spiro atoms. The summed E-state index contributed by atoms with van der Waals surface area (Å²) in [6, 6.07) is 0. The fraction of sp³-hybridized carbons (Fsp3) is 0.750. The van der Waals surface area contributed by atoms with E-state index in [1.54, 1.807) is 0 Å². The van der Waals surface area contributed by atoms with Crippen molar-refractivity contribution in [1.29, 1.82) is 0 Å². The first-order valence-corrected chi connectivity index (χ1v) is 3.29. The van der Waals surface area contributed by atoms with Gasteiger partial charge in [-0.05, 0) is 20.3 Å². The molecule has 9 heavy (non-hydrogen) atoms. The van der Waals surface area contributed by atoms with Gasteiger partial charge in [-0.2, -0.15) is 0 Å². The molecule has 0 saturated heterocycles. The Morgan fingerprint density at radius 2 is 2.22 bits per heavy atom. The van der Waals surface area contributed by atoms with E-state index in [0.29, 0.717) is 0 Å². The number of hydrogen-bond donors (Lipinski definition) is 1. The van der Waals surface area contributed by atoms with Crippen LogP contribution in [0.4, 0.5) is 0 Å². The Kier molecular flexibility index (Phi) is 2.73. The maximum atomic E-state index is 5.83. The SMILES string of the molecule is C#CC(C)C(C)(N)CC. The molecule has 1 nitrogen and oxygen atoms in total. The van der Waals surface area contributed by atoms with Gasteiger partial charge in [0, 0.05) is 11.5 Å². The third kappa shape index (κ3) is 2.07. The Balaban J connectivity index is 4.01. The van der Waals surface area contributed by atoms with Gasteiger partial charge in [0.15, 0.2) is 0 Å². The molecule has 0 radical (unpaired) electrons. The van der Waals surface area contributed by atoms with Crippen molar-refractivity contribution < 1.29 is 0 Å². The van der Waals surface area contributed by atoms with Crippen molar-refractivity contribution in [2.75, 3.05) is 0 Å². The van der Waals surface area contributed by atoms with E-state index in [9.17, 15) is 0 Å². The van der Waals surface area contributed by atoms with E-state index in [1.807, 2.05) is 20.8 Å². The molecule has 0 aromatic carbocycles. The van der Waals surface area contributed by atoms with Crippen LogP contribution in [0.15, 0.2) is 0 Å². The standard InChI is InChI=1S/C8H15N/c1-5-7(3)8(4,9)6-2/h1,7H,6,9H2,2-4H3. The molecule has 2 N–H and O–H groups in total. The summed E-state index contributed by atoms with van der Waals surface area (Å²) in [4.78, 5) is 0. The first kappa shape index (κ1) is 8.52. The van der Waals surface area contributed by atoms with Crippen LogP contribution in [0.3, 0.4) is 0 Å². The van der Waals surface area contributed by atoms with Crippen LogP contribution in [0.2, 0.25) is 0 Å². The highest BCUT2D eigenvalue weighted by Crippen LogP contribution is 2.15. The zero-order valence-corrected chi connectivity index (χ0v) is 6.44. The van der Waals surface area contributed by atoms with Crippen molar-refractivity contribution in [3.63, 3.8) is 0 Å². The molecule has 0 amide bonds. The van der Waals surface area contributed by atoms with Crippen LogP contribution in [-0.4, -0.2) is 5.54 Å². The van der Waals surface area contributed by atoms with E-state index in [-0.39, 0.29) is 11.5 Å². The van der Waals surface area contributed by atoms with Crippen molar-refractivity contribution >= 4 is 0 Å². The third-order valence-electron chi connectivity index (χ3n) is 2.00. The predicted molar refractivity (Wildman–Crippen MR) is 40.9 cm³/mol. The monoisotopic (exact) mass is 125 g/mol. The zero-order valence-electron chi connectivity index (χ0n) is 6.44. The fourth-order valence-electron chi connectivity index (χ4n) is 0.497. The zero-order chi connectivity index (χ0) is 7.49. The summed E-state index contributed by atoms with van der Waals surface area (Å²) in [5, 5.41) is 0. The van der Waals surface area contributed by atoms with Crippen molar-refractivity contribution in [2.24, 2.45) is 11.7 Å². The van der Waals surface area contributed by atoms with E-state index in [1.165, 1.54) is 0 Å². The second-order valence-electron chi connectivity index (χ2n) is 2.75. The van der Waals surface area contributed by atoms with E-state index >= 15 is 0 Å². The predicted octanol–water partition coefficient (Wildman–Crippen LogP) is 1.38. The van der Waals surface area contributed by atoms with E-state index < -0.39 is 0 Å². The largest absolute Gasteiger partial charge is 0.324 e. The molecule has 0 aromatic heterocycles. The maximum Gasteiger partial charge on any atom is 0.0349 e. The van der Waals surface area contributed by atoms with Crippen LogP contribution >= 0.6 is 0 Å². The lowest BCUT2D eigenvalue weighted by Crippen LogP contribution is -2.41. The summed E-state index contributed by atoms with van der Waals surface area (Å²) in [5.41, 5.74) is 5.64. The second-order valence-corrected chi connectivity index (χ2v) is 2.75. The van der Waals surface area contributed by atoms with Crippen LogP contribution in [-0.2, 0) is 0 Å². The van der Waals surface area contributed by atoms with Gasteiger partial charge in [0.1, 0.15) is 0 Å². The normalized spacial score (nSPS) is 19.9. The maximum absolute atomic E-state index is 5.83. The molecule has 2 atom stereocenters. The lowest BCUT2D eigenvalue weighted by atomic mass is 9.86. The Morgan fingerprint density at radius 3 is 2.33 bits per heavy atom. The average Bonchev–Trinajstić information content (AvgIpc) is 1.86. The van der Waals surface area contributed by atoms with Gasteiger partial charge in [0.2, 0.25) is 0 Å². The quantitative estimate of drug-likeness (QED) is 0.554. The lowest BCUT2D eigenvalue weighted by molar-refractivity contribution is 0.369. The third-order valence-corrected chi connectivity index (χ3v) is 2.00. The lowest BCUT2D eigenvalue weighted by Gasteiger charge is -2.26. The van der Waals surface area contributed by atoms with Crippen molar-refractivity contribution in [3.8, 4) is 12.3 Å². The van der Waals surface area contributed by atoms with Gasteiger partial charge in [-0.3, -0.25) is 0 Å². The van der Waals surface area contributed by atoms with Gasteiger partial charge >= 0.3 is 0 Å². The molecule has 2 unspecified atom stereocenters. The molecule has 1 heteroatoms. The number of rotatable bonds is 2. The molecule has 0 aliphatic rings. The molecule has 0 saturated carbocycles. The van der Waals surface area contributed by atoms with Gasteiger partial charge in [-0.25, -0.2) is 0 Å². The summed E-state index contributed by atoms with van der Waals surface area (Å²) in [6.45, 7) is 6.01. The molecule has 0 fully saturated rings. The molecule has 52 valence electrons. The second kappa shape index (κ2) is 2.89. The Labute approximate surface area is 57.6 Å². The topological polar surface area (TPSA) is 26.0 Å². The molecule has 0 aromatic rings. The van der Waals surface area contributed by atoms with Crippen LogP contribution in [0.1, 0.15) is 27.2 Å². The van der Waals surface area contributed by atoms with Crippen LogP contribution < -0.4 is 5.73 Å². The van der Waals surface area contributed by atoms with Gasteiger partial charge in [-0.1, -0.05) is 6.92 Å². The Hall–Kier alpha value is -0.480. The van der Waals surface area contributed by atoms with E-state index in [2.05, 4.69) is 5.92 Å². The van der Waals surface area contributed by atoms with Crippen LogP contribution in [0.5, 0.6) is 0 Å². The minimum absolute atomic E-state index is 0.169. The highest BCUT2D eigenvalue weighted by atomic mass is 14.7. The van der Waals surface area contributed by atoms with Gasteiger partial charge in [-0.15, -0.1) is 12.3 Å². The first-order valence-electron chi connectivity index (χ1n) is 3.29. The highest BCUT2D eigenvalue weighted by molar-refractivity contribution is 5.01. The number of nitrogens with two attached hydrogens (primary N) is 1. The summed E-state index contributed by atoms with van der Waals surface area (Å²) in [7, 11) is 0. The molecule has 0 rings (SSSR count). The van der Waals surface area contributed by atoms with Gasteiger partial charge in [0.05, 0.1) is 0 Å². The molecular weight excluding hydrogens is 110 g/mol. The fourth-order valence-corrected chi connectivity index (χ4v) is 0.497. The first-order chi connectivity index (χ1) is 4.04. The molecule has 0 bridgehead atoms. The molecule has 0 aliphatic carbocycles. The van der Waals surface area contributed by atoms with E-state index in [0.717, 1.165) is 6.42 Å². The minimum atomic E-state index is -0.186. The Morgan fingerprint density at radius 1 is 1.78 bits per heavy atom. The van der Waals surface area contributed by atoms with Crippen molar-refractivity contribution in [2.45, 2.75) is 32.7 Å². The molecular formula is C8H15N. The summed E-state index contributed by atoms with van der Waals surface area (Å²) in [6.07, 6.45) is 6.13. The van der Waals surface area contributed by atoms with Crippen LogP contribution in [0.25, 0.3) is 0 Å². The summed E-state index contributed by atoms with van der Waals surface area (Å²) >= 11 is 0. The van der Waals surface area contributed by atoms with Crippen molar-refractivity contribution in [3.05, 3.63) is 0 Å². The molecule has 0 aliphatic heterocycles. The average molecular weight is 125 g/mol. The smallest absolute Gasteiger partial charge is 0.0349 e. The van der Waals surface area contributed by atoms with Gasteiger partial charge < -0.3 is 5.73 Å². The minimum Gasteiger partial charge on any atom is -0.324 e. The van der Waals surface area contributed by atoms with Crippen molar-refractivity contribution in [1.82, 2.24) is 0 Å². The Bertz CT molecular complexity index is 119. The van der Waals surface area contributed by atoms with Crippen LogP contribution in [0, 0.1) is 18.3 Å². The number of hydrogen-bond acceptors (Lipinski definition) is 1.